The third-order valence-electron chi connectivity index (χ3n) is 2.10. The van der Waals surface area contributed by atoms with Crippen LogP contribution in [0.2, 0.25) is 0 Å². The van der Waals surface area contributed by atoms with Crippen molar-refractivity contribution in [3.05, 3.63) is 47.5 Å². The second kappa shape index (κ2) is 4.28. The summed E-state index contributed by atoms with van der Waals surface area (Å²) in [4.78, 5) is 14.4. The van der Waals surface area contributed by atoms with Crippen LogP contribution in [0.4, 0.5) is 8.78 Å². The van der Waals surface area contributed by atoms with Gasteiger partial charge in [-0.15, -0.1) is 5.10 Å². The van der Waals surface area contributed by atoms with Gasteiger partial charge in [0.15, 0.2) is 0 Å². The molecule has 0 fully saturated rings. The molecule has 1 aromatic carbocycles. The van der Waals surface area contributed by atoms with Gasteiger partial charge in [-0.3, -0.25) is 4.79 Å². The smallest absolute Gasteiger partial charge is 0.288 e. The molecule has 0 unspecified atom stereocenters. The van der Waals surface area contributed by atoms with E-state index in [1.807, 2.05) is 0 Å². The first-order valence-electron chi connectivity index (χ1n) is 4.69. The molecule has 0 spiro atoms. The molecule has 2 N–H and O–H groups in total. The van der Waals surface area contributed by atoms with E-state index in [9.17, 15) is 13.6 Å². The number of nitrogens with two attached hydrogens (primary N) is 1. The van der Waals surface area contributed by atoms with E-state index in [2.05, 4.69) is 10.1 Å². The van der Waals surface area contributed by atoms with Gasteiger partial charge in [0.25, 0.3) is 5.91 Å². The van der Waals surface area contributed by atoms with E-state index >= 15 is 0 Å². The Balaban J connectivity index is 2.25. The van der Waals surface area contributed by atoms with Crippen molar-refractivity contribution in [1.29, 1.82) is 0 Å². The van der Waals surface area contributed by atoms with Gasteiger partial charge in [-0.05, 0) is 18.2 Å². The minimum atomic E-state index is -0.775. The number of halogens is 2. The van der Waals surface area contributed by atoms with Crippen molar-refractivity contribution in [2.45, 2.75) is 6.54 Å². The average molecular weight is 238 g/mol. The van der Waals surface area contributed by atoms with Crippen LogP contribution in [0.5, 0.6) is 0 Å². The molecule has 0 saturated heterocycles. The van der Waals surface area contributed by atoms with Gasteiger partial charge in [-0.25, -0.2) is 18.4 Å². The van der Waals surface area contributed by atoms with E-state index in [0.29, 0.717) is 0 Å². The highest BCUT2D eigenvalue weighted by Gasteiger charge is 2.09. The first-order valence-corrected chi connectivity index (χ1v) is 4.69. The Labute approximate surface area is 94.9 Å². The zero-order chi connectivity index (χ0) is 12.4. The van der Waals surface area contributed by atoms with Crippen LogP contribution in [0, 0.1) is 11.6 Å². The Kier molecular flexibility index (Phi) is 2.82. The highest BCUT2D eigenvalue weighted by molar-refractivity contribution is 5.88. The molecular weight excluding hydrogens is 230 g/mol. The van der Waals surface area contributed by atoms with Crippen molar-refractivity contribution < 1.29 is 13.6 Å². The van der Waals surface area contributed by atoms with Crippen molar-refractivity contribution in [3.8, 4) is 0 Å². The monoisotopic (exact) mass is 238 g/mol. The Morgan fingerprint density at radius 1 is 1.41 bits per heavy atom. The van der Waals surface area contributed by atoms with Crippen LogP contribution in [0.1, 0.15) is 16.2 Å². The number of hydrogen-bond acceptors (Lipinski definition) is 3. The standard InChI is InChI=1S/C10H8F2N4O/c11-7-1-2-8(12)6(3-7)4-16-5-14-10(15-16)9(13)17/h1-3,5H,4H2,(H2,13,17). The predicted molar refractivity (Wildman–Crippen MR) is 54.0 cm³/mol. The highest BCUT2D eigenvalue weighted by Crippen LogP contribution is 2.10. The van der Waals surface area contributed by atoms with Crippen molar-refractivity contribution in [2.75, 3.05) is 0 Å². The Morgan fingerprint density at radius 3 is 2.82 bits per heavy atom. The van der Waals surface area contributed by atoms with Crippen molar-refractivity contribution in [3.63, 3.8) is 0 Å². The SMILES string of the molecule is NC(=O)c1ncn(Cc2cc(F)ccc2F)n1. The third-order valence-corrected chi connectivity index (χ3v) is 2.10. The molecule has 0 bridgehead atoms. The number of benzene rings is 1. The fraction of sp³-hybridized carbons (Fsp3) is 0.100. The third kappa shape index (κ3) is 2.44. The van der Waals surface area contributed by atoms with Gasteiger partial charge in [-0.2, -0.15) is 0 Å². The molecule has 1 aromatic heterocycles. The average Bonchev–Trinajstić information content (AvgIpc) is 2.72. The molecule has 1 amide bonds. The lowest BCUT2D eigenvalue weighted by molar-refractivity contribution is 0.0990. The molecule has 0 aliphatic carbocycles. The van der Waals surface area contributed by atoms with E-state index in [1.165, 1.54) is 11.0 Å². The van der Waals surface area contributed by atoms with Gasteiger partial charge in [-0.1, -0.05) is 0 Å². The molecule has 1 heterocycles. The summed E-state index contributed by atoms with van der Waals surface area (Å²) in [5, 5.41) is 3.72. The van der Waals surface area contributed by atoms with Crippen LogP contribution in [0.3, 0.4) is 0 Å². The molecule has 2 rings (SSSR count). The summed E-state index contributed by atoms with van der Waals surface area (Å²) < 4.78 is 27.4. The van der Waals surface area contributed by atoms with Crippen LogP contribution >= 0.6 is 0 Å². The summed E-state index contributed by atoms with van der Waals surface area (Å²) in [6.45, 7) is -0.0239. The lowest BCUT2D eigenvalue weighted by Crippen LogP contribution is -2.14. The summed E-state index contributed by atoms with van der Waals surface area (Å²) in [6.07, 6.45) is 1.23. The number of primary amides is 1. The molecular formula is C10H8F2N4O. The first kappa shape index (κ1) is 11.2. The number of nitrogens with zero attached hydrogens (tertiary/aromatic N) is 3. The van der Waals surface area contributed by atoms with Gasteiger partial charge in [0.1, 0.15) is 18.0 Å². The summed E-state index contributed by atoms with van der Waals surface area (Å²) >= 11 is 0. The number of aromatic nitrogens is 3. The maximum absolute atomic E-state index is 13.3. The molecule has 0 atom stereocenters. The largest absolute Gasteiger partial charge is 0.363 e. The predicted octanol–water partition coefficient (Wildman–Crippen LogP) is 0.703. The van der Waals surface area contributed by atoms with E-state index in [-0.39, 0.29) is 17.9 Å². The zero-order valence-corrected chi connectivity index (χ0v) is 8.60. The van der Waals surface area contributed by atoms with Crippen LogP contribution in [-0.4, -0.2) is 20.7 Å². The maximum Gasteiger partial charge on any atom is 0.288 e. The number of hydrogen-bond donors (Lipinski definition) is 1. The highest BCUT2D eigenvalue weighted by atomic mass is 19.1. The minimum absolute atomic E-state index is 0.0239. The molecule has 5 nitrogen and oxygen atoms in total. The van der Waals surface area contributed by atoms with Gasteiger partial charge < -0.3 is 5.73 Å². The number of amides is 1. The van der Waals surface area contributed by atoms with Crippen molar-refractivity contribution in [1.82, 2.24) is 14.8 Å². The summed E-state index contributed by atoms with van der Waals surface area (Å²) in [7, 11) is 0. The van der Waals surface area contributed by atoms with E-state index in [1.54, 1.807) is 0 Å². The summed E-state index contributed by atoms with van der Waals surface area (Å²) in [6, 6.07) is 3.10. The molecule has 0 aliphatic rings. The fourth-order valence-electron chi connectivity index (χ4n) is 1.32. The second-order valence-electron chi connectivity index (χ2n) is 3.37. The topological polar surface area (TPSA) is 73.8 Å². The zero-order valence-electron chi connectivity index (χ0n) is 8.60. The van der Waals surface area contributed by atoms with E-state index < -0.39 is 17.5 Å². The molecule has 0 radical (unpaired) electrons. The Bertz CT molecular complexity index is 567. The molecule has 17 heavy (non-hydrogen) atoms. The van der Waals surface area contributed by atoms with Crippen LogP contribution in [0.25, 0.3) is 0 Å². The summed E-state index contributed by atoms with van der Waals surface area (Å²) in [5.74, 6) is -2.04. The van der Waals surface area contributed by atoms with Crippen LogP contribution in [-0.2, 0) is 6.54 Å². The number of rotatable bonds is 3. The lowest BCUT2D eigenvalue weighted by Gasteiger charge is -2.02. The van der Waals surface area contributed by atoms with Crippen molar-refractivity contribution in [2.24, 2.45) is 5.73 Å². The van der Waals surface area contributed by atoms with Crippen LogP contribution in [0.15, 0.2) is 24.5 Å². The van der Waals surface area contributed by atoms with Gasteiger partial charge in [0, 0.05) is 5.56 Å². The number of carbonyl (C=O) groups is 1. The van der Waals surface area contributed by atoms with Crippen molar-refractivity contribution >= 4 is 5.91 Å². The van der Waals surface area contributed by atoms with Gasteiger partial charge in [0.05, 0.1) is 6.54 Å². The van der Waals surface area contributed by atoms with Crippen LogP contribution < -0.4 is 5.73 Å². The first-order chi connectivity index (χ1) is 8.06. The second-order valence-corrected chi connectivity index (χ2v) is 3.37. The summed E-state index contributed by atoms with van der Waals surface area (Å²) in [5.41, 5.74) is 5.08. The lowest BCUT2D eigenvalue weighted by atomic mass is 10.2. The molecule has 2 aromatic rings. The Hall–Kier alpha value is -2.31. The molecule has 88 valence electrons. The molecule has 7 heteroatoms. The molecule has 0 saturated carbocycles. The number of carbonyl (C=O) groups excluding carboxylic acids is 1. The molecule has 0 aliphatic heterocycles. The minimum Gasteiger partial charge on any atom is -0.363 e. The normalized spacial score (nSPS) is 10.5. The maximum atomic E-state index is 13.3. The van der Waals surface area contributed by atoms with Gasteiger partial charge in [0.2, 0.25) is 5.82 Å². The Morgan fingerprint density at radius 2 is 2.18 bits per heavy atom. The van der Waals surface area contributed by atoms with E-state index in [0.717, 1.165) is 18.2 Å². The van der Waals surface area contributed by atoms with E-state index in [4.69, 9.17) is 5.73 Å². The van der Waals surface area contributed by atoms with Gasteiger partial charge >= 0.3 is 0 Å². The fourth-order valence-corrected chi connectivity index (χ4v) is 1.32. The quantitative estimate of drug-likeness (QED) is 0.855.